The molecule has 1 aliphatic rings. The molecule has 6 heteroatoms. The molecule has 4 rings (SSSR count). The number of furan rings is 1. The summed E-state index contributed by atoms with van der Waals surface area (Å²) in [6.45, 7) is 8.02. The van der Waals surface area contributed by atoms with Crippen LogP contribution >= 0.6 is 0 Å². The Morgan fingerprint density at radius 3 is 2.88 bits per heavy atom. The van der Waals surface area contributed by atoms with Crippen molar-refractivity contribution >= 4 is 16.9 Å². The highest BCUT2D eigenvalue weighted by atomic mass is 16.3. The average Bonchev–Trinajstić information content (AvgIpc) is 3.15. The van der Waals surface area contributed by atoms with E-state index in [4.69, 9.17) is 4.42 Å². The monoisotopic (exact) mass is 324 g/mol. The zero-order valence-corrected chi connectivity index (χ0v) is 14.2. The molecule has 0 aliphatic carbocycles. The average molecular weight is 324 g/mol. The summed E-state index contributed by atoms with van der Waals surface area (Å²) in [5.41, 5.74) is 4.15. The number of hydrogen-bond acceptors (Lipinski definition) is 4. The molecular formula is C18H20N4O2. The van der Waals surface area contributed by atoms with Gasteiger partial charge in [0.15, 0.2) is 5.82 Å². The van der Waals surface area contributed by atoms with Crippen LogP contribution in [0, 0.1) is 20.8 Å². The maximum atomic E-state index is 12.7. The minimum atomic E-state index is 0.0998. The highest BCUT2D eigenvalue weighted by Gasteiger charge is 2.24. The van der Waals surface area contributed by atoms with Crippen LogP contribution in [0.3, 0.4) is 0 Å². The van der Waals surface area contributed by atoms with E-state index in [1.807, 2.05) is 24.8 Å². The standard InChI is InChI=1S/C18H20N4O2/c1-11-4-5-15-14(10-24-18(15)12(11)2)8-17(23)21-6-7-22-13(3)19-20-16(22)9-21/h4-5,10H,6-9H2,1-3H3. The van der Waals surface area contributed by atoms with E-state index >= 15 is 0 Å². The minimum absolute atomic E-state index is 0.0998. The van der Waals surface area contributed by atoms with Gasteiger partial charge in [-0.15, -0.1) is 10.2 Å². The third-order valence-electron chi connectivity index (χ3n) is 4.97. The van der Waals surface area contributed by atoms with E-state index in [1.165, 1.54) is 5.56 Å². The number of hydrogen-bond donors (Lipinski definition) is 0. The van der Waals surface area contributed by atoms with E-state index in [1.54, 1.807) is 6.26 Å². The maximum absolute atomic E-state index is 12.7. The summed E-state index contributed by atoms with van der Waals surface area (Å²) >= 11 is 0. The summed E-state index contributed by atoms with van der Waals surface area (Å²) in [4.78, 5) is 14.6. The SMILES string of the molecule is Cc1ccc2c(CC(=O)N3CCn4c(C)nnc4C3)coc2c1C. The van der Waals surface area contributed by atoms with Crippen LogP contribution in [0.15, 0.2) is 22.8 Å². The molecule has 2 aromatic heterocycles. The number of fused-ring (bicyclic) bond motifs is 2. The topological polar surface area (TPSA) is 64.2 Å². The lowest BCUT2D eigenvalue weighted by Crippen LogP contribution is -2.39. The summed E-state index contributed by atoms with van der Waals surface area (Å²) in [5, 5.41) is 9.27. The predicted molar refractivity (Wildman–Crippen MR) is 89.6 cm³/mol. The molecule has 124 valence electrons. The number of nitrogens with zero attached hydrogens (tertiary/aromatic N) is 4. The first-order valence-electron chi connectivity index (χ1n) is 8.17. The normalized spacial score (nSPS) is 14.2. The van der Waals surface area contributed by atoms with Crippen molar-refractivity contribution in [2.24, 2.45) is 0 Å². The van der Waals surface area contributed by atoms with Crippen molar-refractivity contribution < 1.29 is 9.21 Å². The number of carbonyl (C=O) groups excluding carboxylic acids is 1. The van der Waals surface area contributed by atoms with Gasteiger partial charge in [-0.2, -0.15) is 0 Å². The van der Waals surface area contributed by atoms with Crippen LogP contribution in [0.5, 0.6) is 0 Å². The molecule has 3 aromatic rings. The maximum Gasteiger partial charge on any atom is 0.227 e. The number of amides is 1. The molecule has 1 amide bonds. The van der Waals surface area contributed by atoms with E-state index in [2.05, 4.69) is 27.8 Å². The number of aryl methyl sites for hydroxylation is 3. The van der Waals surface area contributed by atoms with Gasteiger partial charge in [0.2, 0.25) is 5.91 Å². The Hall–Kier alpha value is -2.63. The molecule has 6 nitrogen and oxygen atoms in total. The first kappa shape index (κ1) is 14.9. The Morgan fingerprint density at radius 2 is 2.04 bits per heavy atom. The van der Waals surface area contributed by atoms with E-state index < -0.39 is 0 Å². The Bertz CT molecular complexity index is 938. The fourth-order valence-electron chi connectivity index (χ4n) is 3.32. The van der Waals surface area contributed by atoms with Crippen molar-refractivity contribution in [3.63, 3.8) is 0 Å². The fourth-order valence-corrected chi connectivity index (χ4v) is 3.32. The van der Waals surface area contributed by atoms with Gasteiger partial charge in [-0.3, -0.25) is 4.79 Å². The second-order valence-corrected chi connectivity index (χ2v) is 6.45. The third kappa shape index (κ3) is 2.29. The largest absolute Gasteiger partial charge is 0.464 e. The second kappa shape index (κ2) is 5.47. The molecule has 0 unspecified atom stereocenters. The van der Waals surface area contributed by atoms with Crippen LogP contribution < -0.4 is 0 Å². The van der Waals surface area contributed by atoms with Crippen molar-refractivity contribution in [2.45, 2.75) is 40.3 Å². The van der Waals surface area contributed by atoms with Gasteiger partial charge in [0.25, 0.3) is 0 Å². The van der Waals surface area contributed by atoms with Crippen molar-refractivity contribution in [2.75, 3.05) is 6.54 Å². The van der Waals surface area contributed by atoms with Gasteiger partial charge in [0.1, 0.15) is 11.4 Å². The predicted octanol–water partition coefficient (Wildman–Crippen LogP) is 2.53. The zero-order valence-electron chi connectivity index (χ0n) is 14.2. The van der Waals surface area contributed by atoms with Crippen LogP contribution in [-0.4, -0.2) is 32.1 Å². The van der Waals surface area contributed by atoms with Crippen LogP contribution in [-0.2, 0) is 24.3 Å². The smallest absolute Gasteiger partial charge is 0.227 e. The fraction of sp³-hybridized carbons (Fsp3) is 0.389. The number of benzene rings is 1. The molecule has 0 saturated heterocycles. The van der Waals surface area contributed by atoms with E-state index in [-0.39, 0.29) is 5.91 Å². The van der Waals surface area contributed by atoms with E-state index in [9.17, 15) is 4.79 Å². The Kier molecular flexibility index (Phi) is 3.40. The molecule has 1 aliphatic heterocycles. The van der Waals surface area contributed by atoms with Crippen LogP contribution in [0.2, 0.25) is 0 Å². The number of aromatic nitrogens is 3. The van der Waals surface area contributed by atoms with Gasteiger partial charge in [-0.05, 0) is 31.9 Å². The zero-order chi connectivity index (χ0) is 16.8. The third-order valence-corrected chi connectivity index (χ3v) is 4.97. The molecular weight excluding hydrogens is 304 g/mol. The van der Waals surface area contributed by atoms with Gasteiger partial charge in [-0.25, -0.2) is 0 Å². The lowest BCUT2D eigenvalue weighted by molar-refractivity contribution is -0.132. The summed E-state index contributed by atoms with van der Waals surface area (Å²) in [6.07, 6.45) is 2.06. The highest BCUT2D eigenvalue weighted by Crippen LogP contribution is 2.27. The van der Waals surface area contributed by atoms with Crippen LogP contribution in [0.1, 0.15) is 28.3 Å². The molecule has 24 heavy (non-hydrogen) atoms. The van der Waals surface area contributed by atoms with Crippen molar-refractivity contribution in [1.29, 1.82) is 0 Å². The van der Waals surface area contributed by atoms with Gasteiger partial charge in [0, 0.05) is 24.0 Å². The molecule has 0 fully saturated rings. The van der Waals surface area contributed by atoms with Crippen molar-refractivity contribution in [1.82, 2.24) is 19.7 Å². The van der Waals surface area contributed by atoms with Gasteiger partial charge in [0.05, 0.1) is 19.2 Å². The Labute approximate surface area is 140 Å². The number of carbonyl (C=O) groups is 1. The van der Waals surface area contributed by atoms with Gasteiger partial charge >= 0.3 is 0 Å². The lowest BCUT2D eigenvalue weighted by atomic mass is 10.0. The second-order valence-electron chi connectivity index (χ2n) is 6.45. The van der Waals surface area contributed by atoms with Crippen LogP contribution in [0.4, 0.5) is 0 Å². The number of rotatable bonds is 2. The summed E-state index contributed by atoms with van der Waals surface area (Å²) < 4.78 is 7.78. The van der Waals surface area contributed by atoms with Gasteiger partial charge < -0.3 is 13.9 Å². The highest BCUT2D eigenvalue weighted by molar-refractivity contribution is 5.89. The quantitative estimate of drug-likeness (QED) is 0.726. The Balaban J connectivity index is 1.56. The van der Waals surface area contributed by atoms with Gasteiger partial charge in [-0.1, -0.05) is 12.1 Å². The molecule has 0 radical (unpaired) electrons. The molecule has 1 aromatic carbocycles. The molecule has 0 saturated carbocycles. The van der Waals surface area contributed by atoms with Crippen molar-refractivity contribution in [3.8, 4) is 0 Å². The summed E-state index contributed by atoms with van der Waals surface area (Å²) in [5.74, 6) is 1.86. The van der Waals surface area contributed by atoms with E-state index in [0.29, 0.717) is 19.5 Å². The molecule has 0 spiro atoms. The molecule has 0 N–H and O–H groups in total. The summed E-state index contributed by atoms with van der Waals surface area (Å²) in [7, 11) is 0. The first-order chi connectivity index (χ1) is 11.5. The van der Waals surface area contributed by atoms with Crippen molar-refractivity contribution in [3.05, 3.63) is 46.7 Å². The minimum Gasteiger partial charge on any atom is -0.464 e. The Morgan fingerprint density at radius 1 is 1.21 bits per heavy atom. The lowest BCUT2D eigenvalue weighted by Gasteiger charge is -2.27. The van der Waals surface area contributed by atoms with E-state index in [0.717, 1.165) is 40.3 Å². The molecule has 0 atom stereocenters. The first-order valence-corrected chi connectivity index (χ1v) is 8.17. The summed E-state index contributed by atoms with van der Waals surface area (Å²) in [6, 6.07) is 4.12. The molecule has 3 heterocycles. The van der Waals surface area contributed by atoms with Crippen LogP contribution in [0.25, 0.3) is 11.0 Å². The molecule has 0 bridgehead atoms.